The Hall–Kier alpha value is -3.23. The van der Waals surface area contributed by atoms with Crippen molar-refractivity contribution in [3.63, 3.8) is 0 Å². The van der Waals surface area contributed by atoms with Gasteiger partial charge < -0.3 is 16.5 Å². The normalized spacial score (nSPS) is 13.1. The summed E-state index contributed by atoms with van der Waals surface area (Å²) in [6.07, 6.45) is -1.48. The summed E-state index contributed by atoms with van der Waals surface area (Å²) in [5.41, 5.74) is 6.07. The first-order chi connectivity index (χ1) is 15.2. The highest BCUT2D eigenvalue weighted by Crippen LogP contribution is 2.29. The van der Waals surface area contributed by atoms with Crippen LogP contribution in [0.15, 0.2) is 66.4 Å². The summed E-state index contributed by atoms with van der Waals surface area (Å²) in [6, 6.07) is 12.3. The van der Waals surface area contributed by atoms with Gasteiger partial charge >= 0.3 is 6.18 Å². The second-order valence-corrected chi connectivity index (χ2v) is 7.43. The number of fused-ring (bicyclic) bond motifs is 1. The van der Waals surface area contributed by atoms with Crippen LogP contribution in [0.5, 0.6) is 0 Å². The van der Waals surface area contributed by atoms with Crippen molar-refractivity contribution >= 4 is 40.2 Å². The number of nitrogens with one attached hydrogen (secondary N) is 2. The van der Waals surface area contributed by atoms with Gasteiger partial charge in [0, 0.05) is 35.1 Å². The van der Waals surface area contributed by atoms with E-state index in [-0.39, 0.29) is 12.1 Å². The van der Waals surface area contributed by atoms with E-state index in [2.05, 4.69) is 10.3 Å². The van der Waals surface area contributed by atoms with Gasteiger partial charge in [-0.25, -0.2) is 0 Å². The number of pyridine rings is 1. The SMILES string of the molecule is N=CC/C=C(\C(N)C(=O)Nc1ccc(Cl)c(Cc2nccc3ccccc23)c1)C(F)(F)F. The molecular weight excluding hydrogens is 441 g/mol. The predicted molar refractivity (Wildman–Crippen MR) is 120 cm³/mol. The van der Waals surface area contributed by atoms with Crippen molar-refractivity contribution in [2.24, 2.45) is 5.73 Å². The summed E-state index contributed by atoms with van der Waals surface area (Å²) in [4.78, 5) is 16.8. The van der Waals surface area contributed by atoms with Crippen LogP contribution in [0.25, 0.3) is 10.8 Å². The molecule has 0 spiro atoms. The predicted octanol–water partition coefficient (Wildman–Crippen LogP) is 5.27. The number of nitrogens with two attached hydrogens (primary N) is 1. The van der Waals surface area contributed by atoms with Crippen LogP contribution in [0.2, 0.25) is 5.02 Å². The van der Waals surface area contributed by atoms with Gasteiger partial charge in [-0.1, -0.05) is 41.9 Å². The summed E-state index contributed by atoms with van der Waals surface area (Å²) in [6.45, 7) is 0. The molecule has 0 bridgehead atoms. The van der Waals surface area contributed by atoms with Crippen LogP contribution in [0.3, 0.4) is 0 Å². The van der Waals surface area contributed by atoms with E-state index < -0.39 is 23.7 Å². The fraction of sp³-hybridized carbons (Fsp3) is 0.174. The average molecular weight is 461 g/mol. The van der Waals surface area contributed by atoms with Crippen LogP contribution in [0.4, 0.5) is 18.9 Å². The Morgan fingerprint density at radius 3 is 2.69 bits per heavy atom. The number of hydrogen-bond donors (Lipinski definition) is 3. The maximum atomic E-state index is 13.3. The Balaban J connectivity index is 1.84. The third kappa shape index (κ3) is 5.52. The Labute approximate surface area is 187 Å². The lowest BCUT2D eigenvalue weighted by Crippen LogP contribution is -2.42. The van der Waals surface area contributed by atoms with Crippen LogP contribution < -0.4 is 11.1 Å². The van der Waals surface area contributed by atoms with Crippen molar-refractivity contribution < 1.29 is 18.0 Å². The number of amides is 1. The van der Waals surface area contributed by atoms with Gasteiger partial charge in [-0.2, -0.15) is 13.2 Å². The van der Waals surface area contributed by atoms with E-state index in [1.165, 1.54) is 6.07 Å². The van der Waals surface area contributed by atoms with Gasteiger partial charge in [-0.15, -0.1) is 0 Å². The molecule has 0 aliphatic heterocycles. The van der Waals surface area contributed by atoms with E-state index in [0.29, 0.717) is 17.0 Å². The van der Waals surface area contributed by atoms with E-state index >= 15 is 0 Å². The maximum Gasteiger partial charge on any atom is 0.414 e. The minimum atomic E-state index is -4.79. The molecule has 1 atom stereocenters. The first-order valence-electron chi connectivity index (χ1n) is 9.64. The van der Waals surface area contributed by atoms with Gasteiger partial charge in [-0.05, 0) is 41.4 Å². The lowest BCUT2D eigenvalue weighted by molar-refractivity contribution is -0.122. The van der Waals surface area contributed by atoms with Gasteiger partial charge in [0.2, 0.25) is 5.91 Å². The number of aromatic nitrogens is 1. The zero-order valence-electron chi connectivity index (χ0n) is 16.8. The monoisotopic (exact) mass is 460 g/mol. The molecule has 3 aromatic rings. The second-order valence-electron chi connectivity index (χ2n) is 7.03. The van der Waals surface area contributed by atoms with E-state index in [9.17, 15) is 18.0 Å². The molecule has 32 heavy (non-hydrogen) atoms. The third-order valence-corrected chi connectivity index (χ3v) is 5.20. The van der Waals surface area contributed by atoms with Crippen LogP contribution in [0.1, 0.15) is 17.7 Å². The van der Waals surface area contributed by atoms with Crippen molar-refractivity contribution in [2.45, 2.75) is 25.1 Å². The Morgan fingerprint density at radius 1 is 1.22 bits per heavy atom. The largest absolute Gasteiger partial charge is 0.414 e. The van der Waals surface area contributed by atoms with Crippen molar-refractivity contribution in [2.75, 3.05) is 5.32 Å². The van der Waals surface area contributed by atoms with Gasteiger partial charge in [-0.3, -0.25) is 9.78 Å². The fourth-order valence-corrected chi connectivity index (χ4v) is 3.44. The minimum Gasteiger partial charge on any atom is -0.324 e. The highest BCUT2D eigenvalue weighted by Gasteiger charge is 2.39. The molecule has 3 rings (SSSR count). The van der Waals surface area contributed by atoms with Crippen molar-refractivity contribution in [1.29, 1.82) is 5.41 Å². The fourth-order valence-electron chi connectivity index (χ4n) is 3.26. The Kier molecular flexibility index (Phi) is 7.27. The zero-order valence-corrected chi connectivity index (χ0v) is 17.5. The van der Waals surface area contributed by atoms with Crippen LogP contribution in [-0.4, -0.2) is 29.3 Å². The summed E-state index contributed by atoms with van der Waals surface area (Å²) >= 11 is 6.32. The molecule has 0 saturated heterocycles. The molecule has 9 heteroatoms. The summed E-state index contributed by atoms with van der Waals surface area (Å²) in [5.74, 6) is -1.02. The molecule has 1 amide bonds. The van der Waals surface area contributed by atoms with Crippen LogP contribution in [-0.2, 0) is 11.2 Å². The van der Waals surface area contributed by atoms with Crippen LogP contribution >= 0.6 is 11.6 Å². The number of anilines is 1. The molecule has 1 unspecified atom stereocenters. The average Bonchev–Trinajstić information content (AvgIpc) is 2.75. The van der Waals surface area contributed by atoms with E-state index in [1.807, 2.05) is 30.3 Å². The third-order valence-electron chi connectivity index (χ3n) is 4.83. The summed E-state index contributed by atoms with van der Waals surface area (Å²) < 4.78 is 39.8. The number of carbonyl (C=O) groups excluding carboxylic acids is 1. The maximum absolute atomic E-state index is 13.3. The number of rotatable bonds is 7. The number of allylic oxidation sites excluding steroid dienone is 1. The molecule has 4 N–H and O–H groups in total. The first kappa shape index (κ1) is 23.4. The lowest BCUT2D eigenvalue weighted by atomic mass is 10.0. The molecule has 0 aliphatic rings. The Morgan fingerprint density at radius 2 is 1.97 bits per heavy atom. The van der Waals surface area contributed by atoms with E-state index in [1.54, 1.807) is 18.3 Å². The summed E-state index contributed by atoms with van der Waals surface area (Å²) in [7, 11) is 0. The lowest BCUT2D eigenvalue weighted by Gasteiger charge is -2.19. The number of nitrogens with zero attached hydrogens (tertiary/aromatic N) is 1. The topological polar surface area (TPSA) is 91.9 Å². The van der Waals surface area contributed by atoms with Gasteiger partial charge in [0.25, 0.3) is 0 Å². The van der Waals surface area contributed by atoms with Gasteiger partial charge in [0.05, 0.1) is 11.3 Å². The van der Waals surface area contributed by atoms with Crippen molar-refractivity contribution in [3.8, 4) is 0 Å². The molecule has 2 aromatic carbocycles. The number of halogens is 4. The highest BCUT2D eigenvalue weighted by atomic mass is 35.5. The standard InChI is InChI=1S/C23H20ClF3N4O/c24-19-8-7-16(31-22(32)21(29)18(6-3-10-28)23(25,26)27)12-15(19)13-20-17-5-2-1-4-14(17)9-11-30-20/h1-2,4-12,21,28H,3,13,29H2,(H,31,32)/b18-6+,28-10?. The summed E-state index contributed by atoms with van der Waals surface area (Å²) in [5, 5.41) is 11.7. The molecule has 5 nitrogen and oxygen atoms in total. The highest BCUT2D eigenvalue weighted by molar-refractivity contribution is 6.31. The van der Waals surface area contributed by atoms with Gasteiger partial charge in [0.15, 0.2) is 0 Å². The molecular formula is C23H20ClF3N4O. The smallest absolute Gasteiger partial charge is 0.324 e. The number of hydrogen-bond acceptors (Lipinski definition) is 4. The van der Waals surface area contributed by atoms with Crippen LogP contribution in [0, 0.1) is 5.41 Å². The molecule has 0 fully saturated rings. The molecule has 0 aliphatic carbocycles. The quantitative estimate of drug-likeness (QED) is 0.331. The molecule has 0 saturated carbocycles. The van der Waals surface area contributed by atoms with Gasteiger partial charge in [0.1, 0.15) is 6.04 Å². The van der Waals surface area contributed by atoms with Crippen molar-refractivity contribution in [1.82, 2.24) is 4.98 Å². The first-order valence-corrected chi connectivity index (χ1v) is 10.0. The zero-order chi connectivity index (χ0) is 23.3. The second kappa shape index (κ2) is 9.93. The van der Waals surface area contributed by atoms with Crippen molar-refractivity contribution in [3.05, 3.63) is 82.7 Å². The Bertz CT molecular complexity index is 1170. The number of carbonyl (C=O) groups is 1. The minimum absolute atomic E-state index is 0.263. The number of benzene rings is 2. The van der Waals surface area contributed by atoms with E-state index in [4.69, 9.17) is 22.7 Å². The molecule has 1 heterocycles. The molecule has 1 aromatic heterocycles. The molecule has 0 radical (unpaired) electrons. The molecule has 166 valence electrons. The van der Waals surface area contributed by atoms with E-state index in [0.717, 1.165) is 28.8 Å². The number of alkyl halides is 3.